The molecule has 1 aromatic rings. The van der Waals surface area contributed by atoms with Crippen molar-refractivity contribution in [1.29, 1.82) is 0 Å². The number of aliphatic carboxylic acids is 1. The number of hydrogen-bond acceptors (Lipinski definition) is 5. The third-order valence-electron chi connectivity index (χ3n) is 2.66. The van der Waals surface area contributed by atoms with E-state index in [0.717, 1.165) is 10.6 Å². The molecule has 0 aromatic carbocycles. The van der Waals surface area contributed by atoms with Gasteiger partial charge in [-0.25, -0.2) is 14.6 Å². The molecule has 2 atom stereocenters. The fraction of sp³-hybridized carbons (Fsp3) is 0.500. The van der Waals surface area contributed by atoms with E-state index >= 15 is 0 Å². The van der Waals surface area contributed by atoms with Gasteiger partial charge in [-0.3, -0.25) is 5.32 Å². The van der Waals surface area contributed by atoms with Crippen molar-refractivity contribution in [2.45, 2.75) is 25.5 Å². The van der Waals surface area contributed by atoms with E-state index in [1.165, 1.54) is 11.3 Å². The Balaban J connectivity index is 2.06. The number of aliphatic hydroxyl groups is 1. The smallest absolute Gasteiger partial charge is 0.326 e. The average molecular weight is 271 g/mol. The molecule has 18 heavy (non-hydrogen) atoms. The van der Waals surface area contributed by atoms with Gasteiger partial charge in [0, 0.05) is 18.3 Å². The lowest BCUT2D eigenvalue weighted by molar-refractivity contribution is -0.141. The summed E-state index contributed by atoms with van der Waals surface area (Å²) in [5.74, 6) is -1.11. The van der Waals surface area contributed by atoms with Crippen molar-refractivity contribution in [3.8, 4) is 0 Å². The Kier molecular flexibility index (Phi) is 3.48. The van der Waals surface area contributed by atoms with Gasteiger partial charge < -0.3 is 15.1 Å². The summed E-state index contributed by atoms with van der Waals surface area (Å²) in [5, 5.41) is 23.1. The van der Waals surface area contributed by atoms with Gasteiger partial charge in [-0.05, 0) is 6.92 Å². The Labute approximate surface area is 107 Å². The average Bonchev–Trinajstić information content (AvgIpc) is 2.85. The zero-order valence-electron chi connectivity index (χ0n) is 9.66. The minimum absolute atomic E-state index is 0.0210. The first-order valence-corrected chi connectivity index (χ1v) is 6.26. The van der Waals surface area contributed by atoms with E-state index in [1.807, 2.05) is 0 Å². The number of hydrogen-bond donors (Lipinski definition) is 3. The molecule has 1 aromatic heterocycles. The number of thiazole rings is 1. The van der Waals surface area contributed by atoms with Gasteiger partial charge in [-0.15, -0.1) is 11.3 Å². The Morgan fingerprint density at radius 3 is 2.89 bits per heavy atom. The number of nitrogens with zero attached hydrogens (tertiary/aromatic N) is 2. The van der Waals surface area contributed by atoms with Crippen molar-refractivity contribution in [1.82, 2.24) is 9.88 Å². The number of carboxylic acid groups (broad SMARTS) is 1. The number of β-amino-alcohol motifs (C(OH)–C–C–N with tert-alkyl or cyclic N) is 1. The summed E-state index contributed by atoms with van der Waals surface area (Å²) in [6.07, 6.45) is -0.741. The van der Waals surface area contributed by atoms with Gasteiger partial charge in [0.2, 0.25) is 0 Å². The molecule has 3 N–H and O–H groups in total. The number of urea groups is 1. The Bertz CT molecular complexity index is 475. The third kappa shape index (κ3) is 2.59. The topological polar surface area (TPSA) is 103 Å². The van der Waals surface area contributed by atoms with Gasteiger partial charge >= 0.3 is 12.0 Å². The summed E-state index contributed by atoms with van der Waals surface area (Å²) in [6.45, 7) is 1.82. The lowest BCUT2D eigenvalue weighted by Crippen LogP contribution is -2.43. The molecule has 0 unspecified atom stereocenters. The van der Waals surface area contributed by atoms with Crippen molar-refractivity contribution in [2.24, 2.45) is 0 Å². The number of likely N-dealkylation sites (tertiary alicyclic amines) is 1. The van der Waals surface area contributed by atoms with Gasteiger partial charge in [0.15, 0.2) is 5.13 Å². The third-order valence-corrected chi connectivity index (χ3v) is 3.53. The monoisotopic (exact) mass is 271 g/mol. The summed E-state index contributed by atoms with van der Waals surface area (Å²) >= 11 is 1.27. The molecule has 1 saturated heterocycles. The fourth-order valence-electron chi connectivity index (χ4n) is 1.85. The highest BCUT2D eigenvalue weighted by Gasteiger charge is 2.39. The standard InChI is InChI=1S/C10H13N3O4S/c1-5-4-18-9(11-5)12-10(17)13-3-6(14)2-7(13)8(15)16/h4,6-7,14H,2-3H2,1H3,(H,15,16)(H,11,12,17)/t6-,7-/m0/s1. The summed E-state index contributed by atoms with van der Waals surface area (Å²) in [7, 11) is 0. The molecular weight excluding hydrogens is 258 g/mol. The van der Waals surface area contributed by atoms with E-state index in [-0.39, 0.29) is 13.0 Å². The first kappa shape index (κ1) is 12.8. The van der Waals surface area contributed by atoms with E-state index in [9.17, 15) is 14.7 Å². The predicted molar refractivity (Wildman–Crippen MR) is 64.6 cm³/mol. The van der Waals surface area contributed by atoms with Crippen LogP contribution in [0.15, 0.2) is 5.38 Å². The van der Waals surface area contributed by atoms with E-state index < -0.39 is 24.1 Å². The van der Waals surface area contributed by atoms with Crippen LogP contribution in [0.1, 0.15) is 12.1 Å². The van der Waals surface area contributed by atoms with Gasteiger partial charge in [0.05, 0.1) is 11.8 Å². The van der Waals surface area contributed by atoms with Crippen LogP contribution in [0.5, 0.6) is 0 Å². The second-order valence-electron chi connectivity index (χ2n) is 4.12. The Morgan fingerprint density at radius 2 is 2.33 bits per heavy atom. The number of aliphatic hydroxyl groups excluding tert-OH is 1. The van der Waals surface area contributed by atoms with Crippen LogP contribution in [0.3, 0.4) is 0 Å². The molecule has 0 spiro atoms. The molecule has 2 heterocycles. The maximum absolute atomic E-state index is 11.9. The van der Waals surface area contributed by atoms with Crippen molar-refractivity contribution < 1.29 is 19.8 Å². The van der Waals surface area contributed by atoms with E-state index in [0.29, 0.717) is 5.13 Å². The predicted octanol–water partition coefficient (Wildman–Crippen LogP) is 0.503. The summed E-state index contributed by atoms with van der Waals surface area (Å²) in [4.78, 5) is 28.0. The number of amides is 2. The molecule has 1 fully saturated rings. The number of aromatic nitrogens is 1. The number of carbonyl (C=O) groups is 2. The molecule has 7 nitrogen and oxygen atoms in total. The van der Waals surface area contributed by atoms with Crippen LogP contribution in [0.2, 0.25) is 0 Å². The van der Waals surface area contributed by atoms with Gasteiger partial charge in [-0.1, -0.05) is 0 Å². The van der Waals surface area contributed by atoms with Crippen LogP contribution < -0.4 is 5.32 Å². The number of carboxylic acids is 1. The Hall–Kier alpha value is -1.67. The molecule has 0 radical (unpaired) electrons. The quantitative estimate of drug-likeness (QED) is 0.727. The molecule has 0 bridgehead atoms. The molecule has 8 heteroatoms. The van der Waals surface area contributed by atoms with Crippen molar-refractivity contribution in [3.05, 3.63) is 11.1 Å². The fourth-order valence-corrected chi connectivity index (χ4v) is 2.52. The second kappa shape index (κ2) is 4.91. The summed E-state index contributed by atoms with van der Waals surface area (Å²) < 4.78 is 0. The normalized spacial score (nSPS) is 23.1. The van der Waals surface area contributed by atoms with Crippen LogP contribution in [0, 0.1) is 6.92 Å². The molecule has 2 amide bonds. The SMILES string of the molecule is Cc1csc(NC(=O)N2C[C@@H](O)C[C@H]2C(=O)O)n1. The van der Waals surface area contributed by atoms with Crippen LogP contribution >= 0.6 is 11.3 Å². The van der Waals surface area contributed by atoms with Gasteiger partial charge in [-0.2, -0.15) is 0 Å². The maximum Gasteiger partial charge on any atom is 0.326 e. The first-order chi connectivity index (χ1) is 8.47. The van der Waals surface area contributed by atoms with Gasteiger partial charge in [0.1, 0.15) is 6.04 Å². The second-order valence-corrected chi connectivity index (χ2v) is 4.98. The van der Waals surface area contributed by atoms with E-state index in [2.05, 4.69) is 10.3 Å². The number of carbonyl (C=O) groups excluding carboxylic acids is 1. The highest BCUT2D eigenvalue weighted by molar-refractivity contribution is 7.13. The molecule has 2 rings (SSSR count). The molecule has 1 aliphatic heterocycles. The van der Waals surface area contributed by atoms with Crippen molar-refractivity contribution in [3.63, 3.8) is 0 Å². The molecule has 1 aliphatic rings. The zero-order valence-corrected chi connectivity index (χ0v) is 10.5. The highest BCUT2D eigenvalue weighted by Crippen LogP contribution is 2.21. The zero-order chi connectivity index (χ0) is 13.3. The molecular formula is C10H13N3O4S. The molecule has 0 saturated carbocycles. The maximum atomic E-state index is 11.9. The number of rotatable bonds is 2. The van der Waals surface area contributed by atoms with Crippen LogP contribution in [0.4, 0.5) is 9.93 Å². The minimum atomic E-state index is -1.11. The van der Waals surface area contributed by atoms with Crippen LogP contribution in [-0.4, -0.2) is 50.8 Å². The summed E-state index contributed by atoms with van der Waals surface area (Å²) in [6, 6.07) is -1.53. The minimum Gasteiger partial charge on any atom is -0.480 e. The Morgan fingerprint density at radius 1 is 1.61 bits per heavy atom. The molecule has 0 aliphatic carbocycles. The number of anilines is 1. The van der Waals surface area contributed by atoms with Crippen molar-refractivity contribution in [2.75, 3.05) is 11.9 Å². The first-order valence-electron chi connectivity index (χ1n) is 5.38. The highest BCUT2D eigenvalue weighted by atomic mass is 32.1. The van der Waals surface area contributed by atoms with Gasteiger partial charge in [0.25, 0.3) is 0 Å². The number of nitrogens with one attached hydrogen (secondary N) is 1. The van der Waals surface area contributed by atoms with Crippen LogP contribution in [0.25, 0.3) is 0 Å². The van der Waals surface area contributed by atoms with Crippen molar-refractivity contribution >= 4 is 28.5 Å². The van der Waals surface area contributed by atoms with E-state index in [4.69, 9.17) is 5.11 Å². The largest absolute Gasteiger partial charge is 0.480 e. The lowest BCUT2D eigenvalue weighted by Gasteiger charge is -2.20. The molecule has 98 valence electrons. The summed E-state index contributed by atoms with van der Waals surface area (Å²) in [5.41, 5.74) is 0.784. The lowest BCUT2D eigenvalue weighted by atomic mass is 10.2. The number of aryl methyl sites for hydroxylation is 1. The van der Waals surface area contributed by atoms with E-state index in [1.54, 1.807) is 12.3 Å². The van der Waals surface area contributed by atoms with Crippen LogP contribution in [-0.2, 0) is 4.79 Å².